The molecule has 2 N–H and O–H groups in total. The number of amides is 1. The topological polar surface area (TPSA) is 75.6 Å². The third-order valence-corrected chi connectivity index (χ3v) is 1.41. The van der Waals surface area contributed by atoms with Gasteiger partial charge >= 0.3 is 5.97 Å². The van der Waals surface area contributed by atoms with Crippen LogP contribution in [0.4, 0.5) is 0 Å². The van der Waals surface area contributed by atoms with Gasteiger partial charge in [0.1, 0.15) is 6.61 Å². The van der Waals surface area contributed by atoms with E-state index in [0.29, 0.717) is 0 Å². The van der Waals surface area contributed by atoms with Crippen molar-refractivity contribution in [1.29, 1.82) is 0 Å². The molecule has 5 heteroatoms. The van der Waals surface area contributed by atoms with Crippen LogP contribution in [-0.2, 0) is 14.3 Å². The van der Waals surface area contributed by atoms with E-state index in [4.69, 9.17) is 0 Å². The zero-order valence-corrected chi connectivity index (χ0v) is 8.87. The molecule has 0 heterocycles. The van der Waals surface area contributed by atoms with Gasteiger partial charge in [0, 0.05) is 11.1 Å². The van der Waals surface area contributed by atoms with Crippen LogP contribution in [0.3, 0.4) is 0 Å². The number of nitrogens with one attached hydrogen (secondary N) is 1. The van der Waals surface area contributed by atoms with E-state index < -0.39 is 18.1 Å². The van der Waals surface area contributed by atoms with Gasteiger partial charge in [-0.3, -0.25) is 4.79 Å². The van der Waals surface area contributed by atoms with Gasteiger partial charge < -0.3 is 15.2 Å². The molecule has 0 fully saturated rings. The molecule has 1 unspecified atom stereocenters. The lowest BCUT2D eigenvalue weighted by molar-refractivity contribution is -0.143. The van der Waals surface area contributed by atoms with Crippen molar-refractivity contribution in [2.24, 2.45) is 0 Å². The van der Waals surface area contributed by atoms with Crippen molar-refractivity contribution in [2.75, 3.05) is 6.61 Å². The molecule has 0 spiro atoms. The summed E-state index contributed by atoms with van der Waals surface area (Å²) in [5.41, 5.74) is 0.494. The molecule has 0 aromatic rings. The van der Waals surface area contributed by atoms with E-state index in [-0.39, 0.29) is 17.8 Å². The summed E-state index contributed by atoms with van der Waals surface area (Å²) in [5, 5.41) is 11.4. The van der Waals surface area contributed by atoms with E-state index in [1.807, 2.05) is 0 Å². The molecule has 0 aliphatic carbocycles. The summed E-state index contributed by atoms with van der Waals surface area (Å²) < 4.78 is 4.61. The monoisotopic (exact) mass is 213 g/mol. The number of esters is 1. The van der Waals surface area contributed by atoms with Gasteiger partial charge in [0.15, 0.2) is 6.23 Å². The van der Waals surface area contributed by atoms with Gasteiger partial charge in [-0.1, -0.05) is 13.2 Å². The number of hydrogen-bond acceptors (Lipinski definition) is 4. The number of hydrogen-bond donors (Lipinski definition) is 2. The zero-order chi connectivity index (χ0) is 12.0. The molecule has 0 rings (SSSR count). The molecule has 84 valence electrons. The van der Waals surface area contributed by atoms with Crippen LogP contribution in [0.25, 0.3) is 0 Å². The highest BCUT2D eigenvalue weighted by molar-refractivity contribution is 5.92. The summed E-state index contributed by atoms with van der Waals surface area (Å²) in [6, 6.07) is 0. The SMILES string of the molecule is C=C(C)C(=O)NC(O)COC(=O)C(=C)C. The second-order valence-electron chi connectivity index (χ2n) is 3.15. The van der Waals surface area contributed by atoms with Gasteiger partial charge in [-0.05, 0) is 13.8 Å². The predicted molar refractivity (Wildman–Crippen MR) is 54.7 cm³/mol. The maximum atomic E-state index is 11.0. The van der Waals surface area contributed by atoms with Crippen LogP contribution >= 0.6 is 0 Å². The number of aliphatic hydroxyl groups excluding tert-OH is 1. The van der Waals surface area contributed by atoms with E-state index in [1.165, 1.54) is 13.8 Å². The quantitative estimate of drug-likeness (QED) is 0.386. The third-order valence-electron chi connectivity index (χ3n) is 1.41. The van der Waals surface area contributed by atoms with Crippen LogP contribution in [-0.4, -0.2) is 29.8 Å². The van der Waals surface area contributed by atoms with E-state index in [0.717, 1.165) is 0 Å². The van der Waals surface area contributed by atoms with E-state index in [1.54, 1.807) is 0 Å². The average Bonchev–Trinajstić information content (AvgIpc) is 2.13. The van der Waals surface area contributed by atoms with E-state index >= 15 is 0 Å². The number of carbonyl (C=O) groups excluding carboxylic acids is 2. The highest BCUT2D eigenvalue weighted by atomic mass is 16.5. The van der Waals surface area contributed by atoms with Crippen molar-refractivity contribution in [1.82, 2.24) is 5.32 Å². The summed E-state index contributed by atoms with van der Waals surface area (Å²) in [7, 11) is 0. The standard InChI is InChI=1S/C10H15NO4/c1-6(2)9(13)11-8(12)5-15-10(14)7(3)4/h8,12H,1,3,5H2,2,4H3,(H,11,13). The van der Waals surface area contributed by atoms with Crippen molar-refractivity contribution in [2.45, 2.75) is 20.1 Å². The minimum Gasteiger partial charge on any atom is -0.458 e. The van der Waals surface area contributed by atoms with Gasteiger partial charge in [-0.25, -0.2) is 4.79 Å². The largest absolute Gasteiger partial charge is 0.458 e. The van der Waals surface area contributed by atoms with E-state index in [9.17, 15) is 14.7 Å². The Balaban J connectivity index is 3.90. The van der Waals surface area contributed by atoms with Gasteiger partial charge in [-0.2, -0.15) is 0 Å². The molecular weight excluding hydrogens is 198 g/mol. The van der Waals surface area contributed by atoms with Gasteiger partial charge in [0.25, 0.3) is 0 Å². The second-order valence-corrected chi connectivity index (χ2v) is 3.15. The van der Waals surface area contributed by atoms with Crippen LogP contribution in [0.1, 0.15) is 13.8 Å². The summed E-state index contributed by atoms with van der Waals surface area (Å²) in [6.07, 6.45) is -1.24. The van der Waals surface area contributed by atoms with Crippen molar-refractivity contribution in [3.05, 3.63) is 24.3 Å². The molecule has 15 heavy (non-hydrogen) atoms. The van der Waals surface area contributed by atoms with Crippen LogP contribution in [0.5, 0.6) is 0 Å². The summed E-state index contributed by atoms with van der Waals surface area (Å²) in [4.78, 5) is 21.9. The second kappa shape index (κ2) is 5.98. The lowest BCUT2D eigenvalue weighted by atomic mass is 10.3. The minimum atomic E-state index is -1.24. The maximum absolute atomic E-state index is 11.0. The fourth-order valence-corrected chi connectivity index (χ4v) is 0.594. The number of carbonyl (C=O) groups is 2. The van der Waals surface area contributed by atoms with Crippen molar-refractivity contribution in [3.8, 4) is 0 Å². The fraction of sp³-hybridized carbons (Fsp3) is 0.400. The summed E-state index contributed by atoms with van der Waals surface area (Å²) >= 11 is 0. The van der Waals surface area contributed by atoms with Crippen LogP contribution in [0, 0.1) is 0 Å². The van der Waals surface area contributed by atoms with Crippen molar-refractivity contribution in [3.63, 3.8) is 0 Å². The van der Waals surface area contributed by atoms with Crippen LogP contribution in [0.2, 0.25) is 0 Å². The number of rotatable bonds is 5. The first-order chi connectivity index (χ1) is 6.84. The Morgan fingerprint density at radius 3 is 2.27 bits per heavy atom. The molecule has 0 radical (unpaired) electrons. The van der Waals surface area contributed by atoms with E-state index in [2.05, 4.69) is 23.2 Å². The summed E-state index contributed by atoms with van der Waals surface area (Å²) in [5.74, 6) is -1.10. The normalized spacial score (nSPS) is 11.4. The first-order valence-electron chi connectivity index (χ1n) is 4.31. The van der Waals surface area contributed by atoms with Crippen LogP contribution in [0.15, 0.2) is 24.3 Å². The minimum absolute atomic E-state index is 0.230. The summed E-state index contributed by atoms with van der Waals surface area (Å²) in [6.45, 7) is 9.43. The molecule has 0 aliphatic rings. The Kier molecular flexibility index (Phi) is 5.33. The lowest BCUT2D eigenvalue weighted by Crippen LogP contribution is -2.38. The first kappa shape index (κ1) is 13.4. The fourth-order valence-electron chi connectivity index (χ4n) is 0.594. The lowest BCUT2D eigenvalue weighted by Gasteiger charge is -2.12. The highest BCUT2D eigenvalue weighted by Gasteiger charge is 2.11. The molecule has 5 nitrogen and oxygen atoms in total. The molecular formula is C10H15NO4. The van der Waals surface area contributed by atoms with Gasteiger partial charge in [-0.15, -0.1) is 0 Å². The molecule has 0 aromatic carbocycles. The Morgan fingerprint density at radius 1 is 1.33 bits per heavy atom. The Labute approximate surface area is 88.4 Å². The third kappa shape index (κ3) is 5.64. The number of aliphatic hydroxyl groups is 1. The first-order valence-corrected chi connectivity index (χ1v) is 4.31. The molecule has 0 aromatic heterocycles. The molecule has 0 saturated heterocycles. The van der Waals surface area contributed by atoms with Gasteiger partial charge in [0.2, 0.25) is 5.91 Å². The van der Waals surface area contributed by atoms with Crippen molar-refractivity contribution < 1.29 is 19.4 Å². The Hall–Kier alpha value is -1.62. The molecule has 0 saturated carbocycles. The molecule has 0 bridgehead atoms. The molecule has 1 amide bonds. The zero-order valence-electron chi connectivity index (χ0n) is 8.87. The Morgan fingerprint density at radius 2 is 1.87 bits per heavy atom. The van der Waals surface area contributed by atoms with Gasteiger partial charge in [0.05, 0.1) is 0 Å². The Bertz CT molecular complexity index is 296. The van der Waals surface area contributed by atoms with Crippen molar-refractivity contribution >= 4 is 11.9 Å². The van der Waals surface area contributed by atoms with Crippen LogP contribution < -0.4 is 5.32 Å². The number of ether oxygens (including phenoxy) is 1. The predicted octanol–water partition coefficient (Wildman–Crippen LogP) is 0.116. The molecule has 0 aliphatic heterocycles. The smallest absolute Gasteiger partial charge is 0.333 e. The maximum Gasteiger partial charge on any atom is 0.333 e. The molecule has 1 atom stereocenters. The average molecular weight is 213 g/mol. The highest BCUT2D eigenvalue weighted by Crippen LogP contribution is 1.94.